The van der Waals surface area contributed by atoms with Gasteiger partial charge >= 0.3 is 5.97 Å². The molecule has 90 valence electrons. The fourth-order valence-electron chi connectivity index (χ4n) is 1.19. The van der Waals surface area contributed by atoms with E-state index in [0.29, 0.717) is 4.21 Å². The molecule has 0 fully saturated rings. The second-order valence-corrected chi connectivity index (χ2v) is 6.84. The van der Waals surface area contributed by atoms with Crippen molar-refractivity contribution in [2.75, 3.05) is 6.61 Å². The van der Waals surface area contributed by atoms with E-state index in [1.165, 1.54) is 6.92 Å². The van der Waals surface area contributed by atoms with Gasteiger partial charge in [-0.15, -0.1) is 11.3 Å². The number of sulfone groups is 1. The number of esters is 1. The number of carbonyl (C=O) groups excluding carboxylic acids is 1. The van der Waals surface area contributed by atoms with Crippen LogP contribution in [0.4, 0.5) is 0 Å². The molecule has 16 heavy (non-hydrogen) atoms. The summed E-state index contributed by atoms with van der Waals surface area (Å²) in [7, 11) is -3.39. The largest absolute Gasteiger partial charge is 0.466 e. The molecule has 1 aromatic heterocycles. The lowest BCUT2D eigenvalue weighted by molar-refractivity contribution is -0.143. The van der Waals surface area contributed by atoms with Gasteiger partial charge in [0.25, 0.3) is 0 Å². The minimum Gasteiger partial charge on any atom is -0.466 e. The Bertz CT molecular complexity index is 433. The van der Waals surface area contributed by atoms with Gasteiger partial charge in [0.1, 0.15) is 4.21 Å². The molecule has 0 aliphatic heterocycles. The van der Waals surface area contributed by atoms with Gasteiger partial charge < -0.3 is 4.74 Å². The van der Waals surface area contributed by atoms with Crippen LogP contribution >= 0.6 is 11.3 Å². The van der Waals surface area contributed by atoms with Gasteiger partial charge in [0.05, 0.1) is 18.3 Å². The monoisotopic (exact) mass is 262 g/mol. The lowest BCUT2D eigenvalue weighted by Crippen LogP contribution is -2.22. The van der Waals surface area contributed by atoms with Gasteiger partial charge in [0.2, 0.25) is 0 Å². The lowest BCUT2D eigenvalue weighted by atomic mass is 10.3. The Morgan fingerprint density at radius 1 is 1.56 bits per heavy atom. The molecular weight excluding hydrogens is 248 g/mol. The molecule has 1 rings (SSSR count). The predicted molar refractivity (Wildman–Crippen MR) is 62.2 cm³/mol. The molecule has 1 atom stereocenters. The third-order valence-electron chi connectivity index (χ3n) is 2.06. The molecule has 0 aromatic carbocycles. The Balaban J connectivity index is 2.74. The number of hydrogen-bond donors (Lipinski definition) is 0. The van der Waals surface area contributed by atoms with Crippen LogP contribution < -0.4 is 0 Å². The van der Waals surface area contributed by atoms with Crippen molar-refractivity contribution in [2.45, 2.75) is 29.7 Å². The first kappa shape index (κ1) is 13.2. The second kappa shape index (κ2) is 5.45. The van der Waals surface area contributed by atoms with Gasteiger partial charge in [-0.05, 0) is 25.3 Å². The Hall–Kier alpha value is -0.880. The topological polar surface area (TPSA) is 60.4 Å². The first-order valence-corrected chi connectivity index (χ1v) is 7.34. The minimum absolute atomic E-state index is 0.103. The Kier molecular flexibility index (Phi) is 4.49. The highest BCUT2D eigenvalue weighted by Crippen LogP contribution is 2.22. The van der Waals surface area contributed by atoms with Crippen LogP contribution in [0.25, 0.3) is 0 Å². The second-order valence-electron chi connectivity index (χ2n) is 3.30. The molecule has 0 bridgehead atoms. The average Bonchev–Trinajstić information content (AvgIpc) is 2.70. The van der Waals surface area contributed by atoms with E-state index in [1.807, 2.05) is 0 Å². The summed E-state index contributed by atoms with van der Waals surface area (Å²) in [5.74, 6) is -0.477. The van der Waals surface area contributed by atoms with Gasteiger partial charge in [0.15, 0.2) is 9.84 Å². The maximum absolute atomic E-state index is 11.9. The summed E-state index contributed by atoms with van der Waals surface area (Å²) in [6, 6.07) is 3.22. The average molecular weight is 262 g/mol. The highest BCUT2D eigenvalue weighted by atomic mass is 32.2. The van der Waals surface area contributed by atoms with Gasteiger partial charge in [-0.3, -0.25) is 4.79 Å². The van der Waals surface area contributed by atoms with Crippen LogP contribution in [0.2, 0.25) is 0 Å². The summed E-state index contributed by atoms with van der Waals surface area (Å²) in [6.45, 7) is 3.48. The quantitative estimate of drug-likeness (QED) is 0.760. The normalized spacial score (nSPS) is 13.4. The van der Waals surface area contributed by atoms with Crippen molar-refractivity contribution in [3.8, 4) is 0 Å². The number of thiophene rings is 1. The van der Waals surface area contributed by atoms with E-state index in [0.717, 1.165) is 11.3 Å². The van der Waals surface area contributed by atoms with E-state index in [2.05, 4.69) is 0 Å². The number of hydrogen-bond acceptors (Lipinski definition) is 5. The highest BCUT2D eigenvalue weighted by Gasteiger charge is 2.26. The molecule has 0 saturated carbocycles. The molecule has 4 nitrogen and oxygen atoms in total. The molecule has 0 N–H and O–H groups in total. The fourth-order valence-corrected chi connectivity index (χ4v) is 3.85. The van der Waals surface area contributed by atoms with Crippen molar-refractivity contribution in [2.24, 2.45) is 0 Å². The molecule has 1 aromatic rings. The molecule has 0 aliphatic carbocycles. The molecule has 0 aliphatic rings. The summed E-state index contributed by atoms with van der Waals surface area (Å²) < 4.78 is 28.9. The summed E-state index contributed by atoms with van der Waals surface area (Å²) in [5, 5.41) is 0.953. The summed E-state index contributed by atoms with van der Waals surface area (Å²) >= 11 is 1.16. The van der Waals surface area contributed by atoms with E-state index < -0.39 is 21.1 Å². The van der Waals surface area contributed by atoms with Gasteiger partial charge in [-0.1, -0.05) is 6.07 Å². The summed E-state index contributed by atoms with van der Waals surface area (Å²) in [6.07, 6.45) is -0.103. The van der Waals surface area contributed by atoms with E-state index in [1.54, 1.807) is 24.4 Å². The zero-order chi connectivity index (χ0) is 12.2. The standard InChI is InChI=1S/C10H14O4S2/c1-3-14-9(11)7-8(2)16(12,13)10-5-4-6-15-10/h4-6,8H,3,7H2,1-2H3. The predicted octanol–water partition coefficient (Wildman–Crippen LogP) is 1.86. The third-order valence-corrected chi connectivity index (χ3v) is 5.63. The molecule has 1 heterocycles. The van der Waals surface area contributed by atoms with E-state index in [4.69, 9.17) is 4.74 Å². The number of ether oxygens (including phenoxy) is 1. The molecule has 1 unspecified atom stereocenters. The third kappa shape index (κ3) is 3.05. The molecule has 0 spiro atoms. The maximum Gasteiger partial charge on any atom is 0.307 e. The van der Waals surface area contributed by atoms with Gasteiger partial charge in [-0.25, -0.2) is 8.42 Å². The maximum atomic E-state index is 11.9. The van der Waals surface area contributed by atoms with Crippen molar-refractivity contribution in [3.05, 3.63) is 17.5 Å². The zero-order valence-corrected chi connectivity index (χ0v) is 10.8. The van der Waals surface area contributed by atoms with Crippen molar-refractivity contribution in [1.29, 1.82) is 0 Å². The van der Waals surface area contributed by atoms with Gasteiger partial charge in [0, 0.05) is 0 Å². The summed E-state index contributed by atoms with van der Waals surface area (Å²) in [4.78, 5) is 11.2. The number of carbonyl (C=O) groups is 1. The Morgan fingerprint density at radius 3 is 2.75 bits per heavy atom. The number of rotatable bonds is 5. The molecule has 6 heteroatoms. The Labute approximate surface area is 99.2 Å². The van der Waals surface area contributed by atoms with Crippen LogP contribution in [0.15, 0.2) is 21.7 Å². The minimum atomic E-state index is -3.39. The van der Waals surface area contributed by atoms with Crippen molar-refractivity contribution in [3.63, 3.8) is 0 Å². The molecule has 0 amide bonds. The van der Waals surface area contributed by atoms with Crippen LogP contribution in [0.5, 0.6) is 0 Å². The van der Waals surface area contributed by atoms with Crippen molar-refractivity contribution >= 4 is 27.1 Å². The smallest absolute Gasteiger partial charge is 0.307 e. The first-order chi connectivity index (χ1) is 7.48. The fraction of sp³-hybridized carbons (Fsp3) is 0.500. The summed E-state index contributed by atoms with van der Waals surface area (Å²) in [5.41, 5.74) is 0. The first-order valence-electron chi connectivity index (χ1n) is 4.91. The lowest BCUT2D eigenvalue weighted by Gasteiger charge is -2.10. The van der Waals surface area contributed by atoms with E-state index in [-0.39, 0.29) is 13.0 Å². The zero-order valence-electron chi connectivity index (χ0n) is 9.17. The molecule has 0 radical (unpaired) electrons. The van der Waals surface area contributed by atoms with Crippen LogP contribution in [0.3, 0.4) is 0 Å². The van der Waals surface area contributed by atoms with Crippen molar-refractivity contribution < 1.29 is 17.9 Å². The van der Waals surface area contributed by atoms with Crippen LogP contribution in [-0.4, -0.2) is 26.2 Å². The van der Waals surface area contributed by atoms with Crippen LogP contribution in [-0.2, 0) is 19.4 Å². The van der Waals surface area contributed by atoms with Gasteiger partial charge in [-0.2, -0.15) is 0 Å². The van der Waals surface area contributed by atoms with E-state index in [9.17, 15) is 13.2 Å². The highest BCUT2D eigenvalue weighted by molar-refractivity contribution is 7.94. The SMILES string of the molecule is CCOC(=O)CC(C)S(=O)(=O)c1cccs1. The van der Waals surface area contributed by atoms with E-state index >= 15 is 0 Å². The van der Waals surface area contributed by atoms with Crippen LogP contribution in [0.1, 0.15) is 20.3 Å². The Morgan fingerprint density at radius 2 is 2.25 bits per heavy atom. The van der Waals surface area contributed by atoms with Crippen molar-refractivity contribution in [1.82, 2.24) is 0 Å². The van der Waals surface area contributed by atoms with Crippen LogP contribution in [0, 0.1) is 0 Å². The molecule has 0 saturated heterocycles. The molecular formula is C10H14O4S2.